The zero-order chi connectivity index (χ0) is 13.8. The fourth-order valence-corrected chi connectivity index (χ4v) is 3.69. The van der Waals surface area contributed by atoms with E-state index in [0.29, 0.717) is 5.75 Å². The van der Waals surface area contributed by atoms with Gasteiger partial charge in [-0.25, -0.2) is 0 Å². The lowest BCUT2D eigenvalue weighted by Crippen LogP contribution is -3.05. The van der Waals surface area contributed by atoms with Crippen molar-refractivity contribution >= 4 is 33.6 Å². The van der Waals surface area contributed by atoms with E-state index in [9.17, 15) is 4.79 Å². The van der Waals surface area contributed by atoms with Gasteiger partial charge in [0.05, 0.1) is 26.4 Å². The van der Waals surface area contributed by atoms with E-state index in [1.807, 2.05) is 17.0 Å². The van der Waals surface area contributed by atoms with Crippen molar-refractivity contribution in [2.75, 3.05) is 32.9 Å². The van der Waals surface area contributed by atoms with Crippen LogP contribution in [-0.2, 0) is 4.79 Å². The van der Waals surface area contributed by atoms with Crippen molar-refractivity contribution in [3.8, 4) is 0 Å². The molecule has 0 radical (unpaired) electrons. The number of amides is 1. The summed E-state index contributed by atoms with van der Waals surface area (Å²) in [5.74, 6) is 0.877. The summed E-state index contributed by atoms with van der Waals surface area (Å²) in [6, 6.07) is 8.29. The summed E-state index contributed by atoms with van der Waals surface area (Å²) in [5.41, 5.74) is 1.22. The van der Waals surface area contributed by atoms with Crippen molar-refractivity contribution in [1.82, 2.24) is 4.90 Å². The molecule has 0 aromatic heterocycles. The Kier molecular flexibility index (Phi) is 5.30. The van der Waals surface area contributed by atoms with Crippen molar-refractivity contribution < 1.29 is 9.69 Å². The van der Waals surface area contributed by atoms with Gasteiger partial charge in [0.2, 0.25) is 5.91 Å². The number of quaternary nitrogens is 1. The van der Waals surface area contributed by atoms with E-state index >= 15 is 0 Å². The first-order valence-corrected chi connectivity index (χ1v) is 8.37. The number of nitrogens with one attached hydrogen (secondary N) is 1. The molecule has 1 amide bonds. The summed E-state index contributed by atoms with van der Waals surface area (Å²) >= 11 is 5.18. The minimum atomic E-state index is 0.192. The predicted molar refractivity (Wildman–Crippen MR) is 83.3 cm³/mol. The van der Waals surface area contributed by atoms with Gasteiger partial charge in [-0.15, -0.1) is 11.8 Å². The highest BCUT2D eigenvalue weighted by Crippen LogP contribution is 2.38. The third-order valence-corrected chi connectivity index (χ3v) is 4.98. The van der Waals surface area contributed by atoms with Crippen LogP contribution in [0.4, 0.5) is 0 Å². The molecule has 0 bridgehead atoms. The van der Waals surface area contributed by atoms with Crippen LogP contribution in [0.15, 0.2) is 28.7 Å². The number of nitrogens with zero attached hydrogens (tertiary/aromatic N) is 1. The maximum absolute atomic E-state index is 12.0. The molecule has 1 unspecified atom stereocenters. The standard InChI is InChI=1S/C14H19BrN2OS/c1-16(2)8-3-9-17-13(18)10-19-14(17)11-4-6-12(15)7-5-11/h4-7,14H,3,8-10H2,1-2H3/p+1. The molecule has 1 N–H and O–H groups in total. The van der Waals surface area contributed by atoms with Gasteiger partial charge in [-0.05, 0) is 17.7 Å². The SMILES string of the molecule is C[NH+](C)CCCN1C(=O)CSC1c1ccc(Br)cc1. The molecule has 5 heteroatoms. The van der Waals surface area contributed by atoms with Crippen LogP contribution in [0.2, 0.25) is 0 Å². The van der Waals surface area contributed by atoms with E-state index in [1.165, 1.54) is 10.5 Å². The molecule has 1 aromatic rings. The molecule has 1 saturated heterocycles. The Bertz CT molecular complexity index is 436. The third-order valence-electron chi connectivity index (χ3n) is 3.20. The number of halogens is 1. The molecule has 104 valence electrons. The predicted octanol–water partition coefficient (Wildman–Crippen LogP) is 1.56. The summed E-state index contributed by atoms with van der Waals surface area (Å²) in [4.78, 5) is 15.4. The number of thioether (sulfide) groups is 1. The summed E-state index contributed by atoms with van der Waals surface area (Å²) in [6.45, 7) is 1.96. The molecular weight excluding hydrogens is 324 g/mol. The number of carbonyl (C=O) groups excluding carboxylic acids is 1. The number of rotatable bonds is 5. The second kappa shape index (κ2) is 6.77. The summed E-state index contributed by atoms with van der Waals surface area (Å²) in [5, 5.41) is 0.192. The molecule has 19 heavy (non-hydrogen) atoms. The van der Waals surface area contributed by atoms with Crippen molar-refractivity contribution in [2.45, 2.75) is 11.8 Å². The molecule has 0 aliphatic carbocycles. The minimum absolute atomic E-state index is 0.192. The summed E-state index contributed by atoms with van der Waals surface area (Å²) in [7, 11) is 4.29. The Labute approximate surface area is 127 Å². The monoisotopic (exact) mass is 343 g/mol. The van der Waals surface area contributed by atoms with Gasteiger partial charge in [0.15, 0.2) is 0 Å². The van der Waals surface area contributed by atoms with Crippen molar-refractivity contribution in [2.24, 2.45) is 0 Å². The van der Waals surface area contributed by atoms with E-state index in [2.05, 4.69) is 42.2 Å². The molecule has 2 rings (SSSR count). The van der Waals surface area contributed by atoms with Crippen LogP contribution in [0.1, 0.15) is 17.4 Å². The van der Waals surface area contributed by atoms with Gasteiger partial charge in [0.1, 0.15) is 5.37 Å². The fraction of sp³-hybridized carbons (Fsp3) is 0.500. The summed E-state index contributed by atoms with van der Waals surface area (Å²) < 4.78 is 1.08. The van der Waals surface area contributed by atoms with Crippen LogP contribution in [0, 0.1) is 0 Å². The molecule has 3 nitrogen and oxygen atoms in total. The highest BCUT2D eigenvalue weighted by atomic mass is 79.9. The number of benzene rings is 1. The van der Waals surface area contributed by atoms with Gasteiger partial charge >= 0.3 is 0 Å². The Balaban J connectivity index is 2.02. The van der Waals surface area contributed by atoms with Crippen LogP contribution < -0.4 is 4.90 Å². The lowest BCUT2D eigenvalue weighted by atomic mass is 10.2. The van der Waals surface area contributed by atoms with Gasteiger partial charge in [0.25, 0.3) is 0 Å². The zero-order valence-corrected chi connectivity index (χ0v) is 13.8. The first-order chi connectivity index (χ1) is 9.08. The maximum Gasteiger partial charge on any atom is 0.233 e. The molecule has 0 spiro atoms. The lowest BCUT2D eigenvalue weighted by molar-refractivity contribution is -0.858. The minimum Gasteiger partial charge on any atom is -0.340 e. The number of carbonyl (C=O) groups is 1. The van der Waals surface area contributed by atoms with E-state index in [1.54, 1.807) is 11.8 Å². The topological polar surface area (TPSA) is 24.8 Å². The van der Waals surface area contributed by atoms with Crippen LogP contribution in [-0.4, -0.2) is 43.7 Å². The molecule has 1 aromatic carbocycles. The average Bonchev–Trinajstić information content (AvgIpc) is 2.72. The number of hydrogen-bond donors (Lipinski definition) is 1. The van der Waals surface area contributed by atoms with E-state index in [0.717, 1.165) is 24.0 Å². The van der Waals surface area contributed by atoms with Crippen molar-refractivity contribution in [3.05, 3.63) is 34.3 Å². The number of hydrogen-bond acceptors (Lipinski definition) is 2. The van der Waals surface area contributed by atoms with E-state index in [-0.39, 0.29) is 11.3 Å². The Morgan fingerprint density at radius 1 is 1.37 bits per heavy atom. The molecule has 1 heterocycles. The van der Waals surface area contributed by atoms with Gasteiger partial charge in [0, 0.05) is 17.4 Å². The molecule has 1 atom stereocenters. The lowest BCUT2D eigenvalue weighted by Gasteiger charge is -2.24. The van der Waals surface area contributed by atoms with E-state index < -0.39 is 0 Å². The normalized spacial score (nSPS) is 19.5. The Hall–Kier alpha value is -0.520. The smallest absolute Gasteiger partial charge is 0.233 e. The Morgan fingerprint density at radius 2 is 2.05 bits per heavy atom. The average molecular weight is 344 g/mol. The molecule has 0 saturated carbocycles. The second-order valence-electron chi connectivity index (χ2n) is 5.11. The maximum atomic E-state index is 12.0. The van der Waals surface area contributed by atoms with Gasteiger partial charge in [-0.2, -0.15) is 0 Å². The van der Waals surface area contributed by atoms with Gasteiger partial charge < -0.3 is 9.80 Å². The van der Waals surface area contributed by atoms with Crippen LogP contribution in [0.3, 0.4) is 0 Å². The second-order valence-corrected chi connectivity index (χ2v) is 7.10. The zero-order valence-electron chi connectivity index (χ0n) is 11.4. The quantitative estimate of drug-likeness (QED) is 0.877. The molecule has 1 aliphatic rings. The third kappa shape index (κ3) is 3.97. The molecule has 1 fully saturated rings. The fourth-order valence-electron chi connectivity index (χ4n) is 2.20. The highest BCUT2D eigenvalue weighted by molar-refractivity contribution is 9.10. The van der Waals surface area contributed by atoms with Gasteiger partial charge in [-0.1, -0.05) is 28.1 Å². The first-order valence-electron chi connectivity index (χ1n) is 6.53. The van der Waals surface area contributed by atoms with Crippen molar-refractivity contribution in [1.29, 1.82) is 0 Å². The van der Waals surface area contributed by atoms with E-state index in [4.69, 9.17) is 0 Å². The highest BCUT2D eigenvalue weighted by Gasteiger charge is 2.32. The first kappa shape index (κ1) is 14.9. The Morgan fingerprint density at radius 3 is 2.68 bits per heavy atom. The van der Waals surface area contributed by atoms with Crippen LogP contribution >= 0.6 is 27.7 Å². The largest absolute Gasteiger partial charge is 0.340 e. The van der Waals surface area contributed by atoms with Crippen LogP contribution in [0.5, 0.6) is 0 Å². The van der Waals surface area contributed by atoms with Crippen molar-refractivity contribution in [3.63, 3.8) is 0 Å². The van der Waals surface area contributed by atoms with Gasteiger partial charge in [-0.3, -0.25) is 4.79 Å². The molecular formula is C14H20BrN2OS+. The molecule has 1 aliphatic heterocycles. The van der Waals surface area contributed by atoms with Crippen LogP contribution in [0.25, 0.3) is 0 Å². The summed E-state index contributed by atoms with van der Waals surface area (Å²) in [6.07, 6.45) is 1.06.